The zero-order chi connectivity index (χ0) is 27.8. The fourth-order valence-electron chi connectivity index (χ4n) is 8.65. The van der Waals surface area contributed by atoms with Gasteiger partial charge in [-0.2, -0.15) is 0 Å². The van der Waals surface area contributed by atoms with Crippen LogP contribution in [0.5, 0.6) is 0 Å². The quantitative estimate of drug-likeness (QED) is 0.335. The molecule has 37 heavy (non-hydrogen) atoms. The standard InChI is InChI=1S/C29H46O8/c1-16(30)37-22-14-19-20(31)13-18-17(26(19,4)15-21(22)32)7-11-27(5)23(8-12-29(18,27)36)28(6,35)24(33)9-10-25(2,3)34/h13,17,19,21-24,32-36H,7-12,14-15H2,1-6H3/t17-,19-,21-,22+,23-,24?,26+,27+,28+,29+/m0/s1. The number of carbonyl (C=O) groups is 2. The summed E-state index contributed by atoms with van der Waals surface area (Å²) < 4.78 is 5.32. The second-order valence-electron chi connectivity index (χ2n) is 13.8. The zero-order valence-electron chi connectivity index (χ0n) is 23.2. The molecule has 4 aliphatic rings. The van der Waals surface area contributed by atoms with Crippen LogP contribution in [0.25, 0.3) is 0 Å². The molecule has 4 rings (SSSR count). The Morgan fingerprint density at radius 3 is 2.41 bits per heavy atom. The molecule has 5 N–H and O–H groups in total. The molecule has 0 radical (unpaired) electrons. The molecule has 0 aliphatic heterocycles. The smallest absolute Gasteiger partial charge is 0.302 e. The molecule has 8 nitrogen and oxygen atoms in total. The molecule has 1 unspecified atom stereocenters. The highest BCUT2D eigenvalue weighted by Crippen LogP contribution is 2.68. The van der Waals surface area contributed by atoms with Crippen LogP contribution < -0.4 is 0 Å². The summed E-state index contributed by atoms with van der Waals surface area (Å²) in [6, 6.07) is 0. The minimum absolute atomic E-state index is 0.115. The fourth-order valence-corrected chi connectivity index (χ4v) is 8.65. The summed E-state index contributed by atoms with van der Waals surface area (Å²) in [7, 11) is 0. The Labute approximate surface area is 220 Å². The number of hydrogen-bond acceptors (Lipinski definition) is 8. The third kappa shape index (κ3) is 4.50. The van der Waals surface area contributed by atoms with Crippen molar-refractivity contribution >= 4 is 11.8 Å². The Morgan fingerprint density at radius 1 is 1.16 bits per heavy atom. The molecular weight excluding hydrogens is 476 g/mol. The maximum atomic E-state index is 13.5. The van der Waals surface area contributed by atoms with E-state index in [0.29, 0.717) is 44.1 Å². The Morgan fingerprint density at radius 2 is 1.81 bits per heavy atom. The van der Waals surface area contributed by atoms with E-state index in [4.69, 9.17) is 4.74 Å². The highest BCUT2D eigenvalue weighted by atomic mass is 16.6. The van der Waals surface area contributed by atoms with Crippen molar-refractivity contribution in [2.24, 2.45) is 28.6 Å². The van der Waals surface area contributed by atoms with E-state index in [1.54, 1.807) is 26.8 Å². The molecule has 0 amide bonds. The van der Waals surface area contributed by atoms with Crippen LogP contribution in [-0.4, -0.2) is 72.4 Å². The molecule has 8 heteroatoms. The van der Waals surface area contributed by atoms with Crippen LogP contribution in [0.2, 0.25) is 0 Å². The molecular formula is C29H46O8. The molecule has 0 spiro atoms. The Kier molecular flexibility index (Phi) is 7.07. The number of ether oxygens (including phenoxy) is 1. The molecule has 0 bridgehead atoms. The van der Waals surface area contributed by atoms with E-state index in [1.165, 1.54) is 6.92 Å². The van der Waals surface area contributed by atoms with Crippen LogP contribution in [-0.2, 0) is 14.3 Å². The van der Waals surface area contributed by atoms with Crippen molar-refractivity contribution in [1.82, 2.24) is 0 Å². The van der Waals surface area contributed by atoms with Crippen LogP contribution in [0.3, 0.4) is 0 Å². The Balaban J connectivity index is 1.64. The monoisotopic (exact) mass is 522 g/mol. The van der Waals surface area contributed by atoms with E-state index in [2.05, 4.69) is 0 Å². The number of ketones is 1. The van der Waals surface area contributed by atoms with E-state index in [9.17, 15) is 35.1 Å². The minimum atomic E-state index is -1.48. The number of carbonyl (C=O) groups excluding carboxylic acids is 2. The van der Waals surface area contributed by atoms with E-state index in [1.807, 2.05) is 13.8 Å². The average molecular weight is 523 g/mol. The summed E-state index contributed by atoms with van der Waals surface area (Å²) in [4.78, 5) is 25.0. The summed E-state index contributed by atoms with van der Waals surface area (Å²) in [6.45, 7) is 10.2. The summed E-state index contributed by atoms with van der Waals surface area (Å²) in [5.74, 6) is -1.54. The van der Waals surface area contributed by atoms with Gasteiger partial charge in [-0.05, 0) is 101 Å². The predicted octanol–water partition coefficient (Wildman–Crippen LogP) is 2.42. The third-order valence-electron chi connectivity index (χ3n) is 10.8. The van der Waals surface area contributed by atoms with Gasteiger partial charge < -0.3 is 30.3 Å². The highest BCUT2D eigenvalue weighted by Gasteiger charge is 2.69. The topological polar surface area (TPSA) is 145 Å². The average Bonchev–Trinajstić information content (AvgIpc) is 3.05. The first-order chi connectivity index (χ1) is 16.9. The second-order valence-corrected chi connectivity index (χ2v) is 13.8. The van der Waals surface area contributed by atoms with Gasteiger partial charge >= 0.3 is 5.97 Å². The lowest BCUT2D eigenvalue weighted by molar-refractivity contribution is -0.182. The van der Waals surface area contributed by atoms with Crippen molar-refractivity contribution in [3.8, 4) is 0 Å². The number of hydrogen-bond donors (Lipinski definition) is 5. The van der Waals surface area contributed by atoms with E-state index in [-0.39, 0.29) is 24.5 Å². The van der Waals surface area contributed by atoms with Crippen LogP contribution in [0.4, 0.5) is 0 Å². The van der Waals surface area contributed by atoms with Gasteiger partial charge in [0.25, 0.3) is 0 Å². The normalized spacial score (nSPS) is 44.1. The fraction of sp³-hybridized carbons (Fsp3) is 0.862. The van der Waals surface area contributed by atoms with Gasteiger partial charge in [0.15, 0.2) is 5.78 Å². The van der Waals surface area contributed by atoms with Crippen molar-refractivity contribution in [3.63, 3.8) is 0 Å². The lowest BCUT2D eigenvalue weighted by Gasteiger charge is -2.60. The molecule has 0 aromatic heterocycles. The number of aliphatic hydroxyl groups excluding tert-OH is 2. The SMILES string of the molecule is CC(=O)O[C@@H]1C[C@H]2C(=O)C=C3[C@H](CC[C@]4(C)[C@@H]([C@@](C)(O)C(O)CCC(C)(C)O)CC[C@@]34O)[C@@]2(C)C[C@@H]1O. The summed E-state index contributed by atoms with van der Waals surface area (Å²) in [6.07, 6.45) is 2.19. The number of rotatable bonds is 6. The molecule has 0 heterocycles. The first-order valence-corrected chi connectivity index (χ1v) is 13.8. The molecule has 0 aromatic carbocycles. The second kappa shape index (κ2) is 9.12. The molecule has 3 saturated carbocycles. The van der Waals surface area contributed by atoms with Gasteiger partial charge in [0.2, 0.25) is 0 Å². The van der Waals surface area contributed by atoms with Crippen molar-refractivity contribution in [1.29, 1.82) is 0 Å². The van der Waals surface area contributed by atoms with Crippen LogP contribution in [0.15, 0.2) is 11.6 Å². The van der Waals surface area contributed by atoms with E-state index >= 15 is 0 Å². The number of fused-ring (bicyclic) bond motifs is 5. The van der Waals surface area contributed by atoms with Crippen molar-refractivity contribution < 1.29 is 39.9 Å². The number of aliphatic hydroxyl groups is 5. The van der Waals surface area contributed by atoms with E-state index in [0.717, 1.165) is 0 Å². The first kappa shape index (κ1) is 28.7. The first-order valence-electron chi connectivity index (χ1n) is 13.8. The van der Waals surface area contributed by atoms with Crippen molar-refractivity contribution in [3.05, 3.63) is 11.6 Å². The van der Waals surface area contributed by atoms with Gasteiger partial charge in [-0.3, -0.25) is 9.59 Å². The molecule has 210 valence electrons. The van der Waals surface area contributed by atoms with Crippen molar-refractivity contribution in [2.75, 3.05) is 0 Å². The summed E-state index contributed by atoms with van der Waals surface area (Å²) in [5.41, 5.74) is -4.42. The molecule has 0 saturated heterocycles. The lowest BCUT2D eigenvalue weighted by atomic mass is 9.45. The minimum Gasteiger partial charge on any atom is -0.460 e. The van der Waals surface area contributed by atoms with Gasteiger partial charge in [-0.1, -0.05) is 13.8 Å². The molecule has 3 fully saturated rings. The summed E-state index contributed by atoms with van der Waals surface area (Å²) >= 11 is 0. The zero-order valence-corrected chi connectivity index (χ0v) is 23.2. The third-order valence-corrected chi connectivity index (χ3v) is 10.8. The van der Waals surface area contributed by atoms with Gasteiger partial charge in [0.1, 0.15) is 6.10 Å². The largest absolute Gasteiger partial charge is 0.460 e. The molecule has 4 aliphatic carbocycles. The molecule has 0 aromatic rings. The Bertz CT molecular complexity index is 965. The predicted molar refractivity (Wildman–Crippen MR) is 136 cm³/mol. The van der Waals surface area contributed by atoms with Crippen LogP contribution in [0.1, 0.15) is 92.9 Å². The van der Waals surface area contributed by atoms with Crippen LogP contribution in [0, 0.1) is 28.6 Å². The number of esters is 1. The van der Waals surface area contributed by atoms with Gasteiger partial charge in [-0.15, -0.1) is 0 Å². The lowest BCUT2D eigenvalue weighted by Crippen LogP contribution is -2.63. The Hall–Kier alpha value is -1.32. The van der Waals surface area contributed by atoms with Crippen molar-refractivity contribution in [2.45, 2.75) is 128 Å². The van der Waals surface area contributed by atoms with Gasteiger partial charge in [-0.25, -0.2) is 0 Å². The van der Waals surface area contributed by atoms with Crippen LogP contribution >= 0.6 is 0 Å². The maximum absolute atomic E-state index is 13.5. The van der Waals surface area contributed by atoms with Gasteiger partial charge in [0.05, 0.1) is 29.0 Å². The highest BCUT2D eigenvalue weighted by molar-refractivity contribution is 5.95. The number of allylic oxidation sites excluding steroid dienone is 1. The van der Waals surface area contributed by atoms with Gasteiger partial charge in [0, 0.05) is 18.3 Å². The van der Waals surface area contributed by atoms with E-state index < -0.39 is 63.8 Å². The summed E-state index contributed by atoms with van der Waals surface area (Å²) in [5, 5.41) is 55.9. The molecule has 10 atom stereocenters. The maximum Gasteiger partial charge on any atom is 0.302 e.